The summed E-state index contributed by atoms with van der Waals surface area (Å²) in [5, 5.41) is 7.42. The van der Waals surface area contributed by atoms with Crippen molar-refractivity contribution in [3.63, 3.8) is 0 Å². The SMILES string of the molecule is CC(c1ccc(C(F)(F)F)cn1)N(C)C(=O)C(=O)Nc1cnc(N)c2cnn(C3CCCCO3)c12.[Cu]. The summed E-state index contributed by atoms with van der Waals surface area (Å²) in [5.74, 6) is -1.66. The van der Waals surface area contributed by atoms with Crippen molar-refractivity contribution in [3.05, 3.63) is 42.0 Å². The van der Waals surface area contributed by atoms with Crippen LogP contribution in [0.25, 0.3) is 10.9 Å². The van der Waals surface area contributed by atoms with Gasteiger partial charge in [0.1, 0.15) is 11.3 Å². The Hall–Kier alpha value is -3.22. The zero-order valence-electron chi connectivity index (χ0n) is 19.3. The predicted octanol–water partition coefficient (Wildman–Crippen LogP) is 3.28. The third kappa shape index (κ3) is 5.45. The van der Waals surface area contributed by atoms with Gasteiger partial charge in [-0.25, -0.2) is 9.67 Å². The van der Waals surface area contributed by atoms with Gasteiger partial charge in [0.25, 0.3) is 0 Å². The molecule has 1 aliphatic heterocycles. The van der Waals surface area contributed by atoms with E-state index >= 15 is 0 Å². The number of nitrogens with zero attached hydrogens (tertiary/aromatic N) is 5. The van der Waals surface area contributed by atoms with E-state index in [-0.39, 0.29) is 40.5 Å². The van der Waals surface area contributed by atoms with Gasteiger partial charge in [-0.1, -0.05) is 0 Å². The van der Waals surface area contributed by atoms with Gasteiger partial charge in [0.05, 0.1) is 40.8 Å². The van der Waals surface area contributed by atoms with Crippen molar-refractivity contribution in [2.75, 3.05) is 24.7 Å². The van der Waals surface area contributed by atoms with E-state index < -0.39 is 29.6 Å². The van der Waals surface area contributed by atoms with Crippen molar-refractivity contribution in [1.82, 2.24) is 24.6 Å². The molecule has 4 rings (SSSR count). The Morgan fingerprint density at radius 1 is 1.22 bits per heavy atom. The van der Waals surface area contributed by atoms with Crippen molar-refractivity contribution in [2.24, 2.45) is 0 Å². The molecule has 2 atom stereocenters. The van der Waals surface area contributed by atoms with Gasteiger partial charge in [-0.15, -0.1) is 0 Å². The maximum absolute atomic E-state index is 12.8. The number of likely N-dealkylation sites (N-methyl/N-ethyl adjacent to an activating group) is 1. The van der Waals surface area contributed by atoms with Crippen molar-refractivity contribution in [2.45, 2.75) is 44.6 Å². The minimum Gasteiger partial charge on any atom is -0.383 e. The Bertz CT molecular complexity index is 1240. The summed E-state index contributed by atoms with van der Waals surface area (Å²) in [7, 11) is 1.36. The van der Waals surface area contributed by atoms with E-state index in [2.05, 4.69) is 20.4 Å². The summed E-state index contributed by atoms with van der Waals surface area (Å²) in [4.78, 5) is 34.6. The molecule has 3 aromatic heterocycles. The summed E-state index contributed by atoms with van der Waals surface area (Å²) in [5.41, 5.74) is 5.98. The quantitative estimate of drug-likeness (QED) is 0.374. The minimum atomic E-state index is -4.52. The van der Waals surface area contributed by atoms with Gasteiger partial charge in [0, 0.05) is 36.9 Å². The number of nitrogens with one attached hydrogen (secondary N) is 1. The van der Waals surface area contributed by atoms with E-state index in [0.29, 0.717) is 23.7 Å². The first-order valence-electron chi connectivity index (χ1n) is 10.9. The Labute approximate surface area is 214 Å². The van der Waals surface area contributed by atoms with Crippen LogP contribution in [0.1, 0.15) is 49.7 Å². The fraction of sp³-hybridized carbons (Fsp3) is 0.409. The number of aromatic nitrogens is 4. The fourth-order valence-corrected chi connectivity index (χ4v) is 3.84. The van der Waals surface area contributed by atoms with Gasteiger partial charge in [-0.05, 0) is 38.3 Å². The number of halogens is 3. The summed E-state index contributed by atoms with van der Waals surface area (Å²) in [6, 6.07) is 1.29. The number of nitrogen functional groups attached to an aromatic ring is 1. The maximum atomic E-state index is 12.8. The molecule has 0 saturated carbocycles. The number of hydrogen-bond acceptors (Lipinski definition) is 7. The largest absolute Gasteiger partial charge is 0.417 e. The molecule has 0 aliphatic carbocycles. The molecule has 3 N–H and O–H groups in total. The summed E-state index contributed by atoms with van der Waals surface area (Å²) >= 11 is 0. The van der Waals surface area contributed by atoms with Gasteiger partial charge in [-0.3, -0.25) is 14.6 Å². The molecule has 1 saturated heterocycles. The average Bonchev–Trinajstić information content (AvgIpc) is 3.31. The second-order valence-electron chi connectivity index (χ2n) is 8.25. The first-order chi connectivity index (χ1) is 16.6. The smallest absolute Gasteiger partial charge is 0.383 e. The molecular formula is C22H24CuF3N7O3. The van der Waals surface area contributed by atoms with Gasteiger partial charge in [-0.2, -0.15) is 18.3 Å². The summed E-state index contributed by atoms with van der Waals surface area (Å²) in [6.07, 6.45) is 1.30. The van der Waals surface area contributed by atoms with E-state index in [1.165, 1.54) is 25.5 Å². The number of rotatable bonds is 4. The minimum absolute atomic E-state index is 0. The third-order valence-corrected chi connectivity index (χ3v) is 5.97. The number of nitrogens with two attached hydrogens (primary N) is 1. The van der Waals surface area contributed by atoms with E-state index in [1.807, 2.05) is 0 Å². The topological polar surface area (TPSA) is 128 Å². The molecule has 2 unspecified atom stereocenters. The van der Waals surface area contributed by atoms with Gasteiger partial charge < -0.3 is 20.7 Å². The van der Waals surface area contributed by atoms with Crippen LogP contribution in [-0.4, -0.2) is 50.1 Å². The van der Waals surface area contributed by atoms with Crippen LogP contribution in [-0.2, 0) is 37.6 Å². The fourth-order valence-electron chi connectivity index (χ4n) is 3.84. The molecule has 0 spiro atoms. The normalized spacial score (nSPS) is 16.8. The van der Waals surface area contributed by atoms with Gasteiger partial charge in [0.2, 0.25) is 0 Å². The Kier molecular flexibility index (Phi) is 8.22. The van der Waals surface area contributed by atoms with Gasteiger partial charge in [0.15, 0.2) is 6.23 Å². The Morgan fingerprint density at radius 3 is 2.58 bits per heavy atom. The molecule has 36 heavy (non-hydrogen) atoms. The molecule has 4 heterocycles. The first-order valence-corrected chi connectivity index (χ1v) is 10.9. The van der Waals surface area contributed by atoms with Crippen molar-refractivity contribution < 1.29 is 44.6 Å². The van der Waals surface area contributed by atoms with Crippen LogP contribution in [0.2, 0.25) is 0 Å². The van der Waals surface area contributed by atoms with Crippen LogP contribution >= 0.6 is 0 Å². The van der Waals surface area contributed by atoms with Crippen LogP contribution in [0.3, 0.4) is 0 Å². The molecule has 0 aromatic carbocycles. The molecule has 2 amide bonds. The molecular weight excluding hydrogens is 531 g/mol. The molecule has 0 bridgehead atoms. The summed E-state index contributed by atoms with van der Waals surface area (Å²) in [6.45, 7) is 2.13. The zero-order valence-corrected chi connectivity index (χ0v) is 20.3. The zero-order chi connectivity index (χ0) is 25.3. The number of alkyl halides is 3. The van der Waals surface area contributed by atoms with E-state index in [0.717, 1.165) is 30.2 Å². The van der Waals surface area contributed by atoms with E-state index in [4.69, 9.17) is 10.5 Å². The van der Waals surface area contributed by atoms with Crippen molar-refractivity contribution in [1.29, 1.82) is 0 Å². The molecule has 1 aliphatic rings. The Balaban J connectivity index is 0.00000361. The number of fused-ring (bicyclic) bond motifs is 1. The molecule has 197 valence electrons. The Morgan fingerprint density at radius 2 is 1.97 bits per heavy atom. The number of amides is 2. The number of ether oxygens (including phenoxy) is 1. The van der Waals surface area contributed by atoms with E-state index in [1.54, 1.807) is 11.6 Å². The molecule has 1 fully saturated rings. The molecule has 14 heteroatoms. The van der Waals surface area contributed by atoms with Crippen LogP contribution < -0.4 is 11.1 Å². The molecule has 1 radical (unpaired) electrons. The van der Waals surface area contributed by atoms with Gasteiger partial charge >= 0.3 is 18.0 Å². The van der Waals surface area contributed by atoms with Crippen molar-refractivity contribution in [3.8, 4) is 0 Å². The van der Waals surface area contributed by atoms with Crippen LogP contribution in [0, 0.1) is 0 Å². The first kappa shape index (κ1) is 27.4. The monoisotopic (exact) mass is 554 g/mol. The van der Waals surface area contributed by atoms with Crippen LogP contribution in [0.4, 0.5) is 24.7 Å². The molecule has 3 aromatic rings. The molecule has 10 nitrogen and oxygen atoms in total. The summed E-state index contributed by atoms with van der Waals surface area (Å²) < 4.78 is 45.8. The number of carbonyl (C=O) groups excluding carboxylic acids is 2. The number of hydrogen-bond donors (Lipinski definition) is 2. The third-order valence-electron chi connectivity index (χ3n) is 5.97. The number of pyridine rings is 2. The predicted molar refractivity (Wildman–Crippen MR) is 120 cm³/mol. The van der Waals surface area contributed by atoms with Crippen LogP contribution in [0.15, 0.2) is 30.7 Å². The number of anilines is 2. The standard InChI is InChI=1S/C22H24F3N7O3.Cu/c1-12(15-7-6-13(9-27-15)22(23,24)25)31(2)21(34)20(33)30-16-11-28-19(26)14-10-29-32(18(14)16)17-5-3-4-8-35-17;/h6-7,9-12,17H,3-5,8H2,1-2H3,(H2,26,28)(H,30,33);. The van der Waals surface area contributed by atoms with Crippen LogP contribution in [0.5, 0.6) is 0 Å². The van der Waals surface area contributed by atoms with Crippen molar-refractivity contribution >= 4 is 34.2 Å². The average molecular weight is 555 g/mol. The second-order valence-corrected chi connectivity index (χ2v) is 8.25. The van der Waals surface area contributed by atoms with E-state index in [9.17, 15) is 22.8 Å². The second kappa shape index (κ2) is 10.8. The number of carbonyl (C=O) groups is 2. The maximum Gasteiger partial charge on any atom is 0.417 e.